The van der Waals surface area contributed by atoms with Crippen LogP contribution in [0.25, 0.3) is 0 Å². The van der Waals surface area contributed by atoms with Crippen LogP contribution in [-0.4, -0.2) is 76.5 Å². The summed E-state index contributed by atoms with van der Waals surface area (Å²) in [5, 5.41) is 10.3. The summed E-state index contributed by atoms with van der Waals surface area (Å²) < 4.78 is 12.4. The summed E-state index contributed by atoms with van der Waals surface area (Å²) in [5.41, 5.74) is 2.70. The van der Waals surface area contributed by atoms with E-state index in [4.69, 9.17) is 26.7 Å². The Morgan fingerprint density at radius 1 is 1.39 bits per heavy atom. The van der Waals surface area contributed by atoms with Crippen molar-refractivity contribution >= 4 is 35.2 Å². The minimum Gasteiger partial charge on any atom is -0.466 e. The number of hydrogen-bond donors (Lipinski definition) is 2. The molecule has 0 aromatic carbocycles. The van der Waals surface area contributed by atoms with Crippen LogP contribution in [0.4, 0.5) is 11.9 Å². The van der Waals surface area contributed by atoms with Crippen molar-refractivity contribution in [2.45, 2.75) is 38.3 Å². The molecule has 1 spiro atoms. The van der Waals surface area contributed by atoms with E-state index in [1.54, 1.807) is 9.69 Å². The third-order valence-electron chi connectivity index (χ3n) is 5.54. The van der Waals surface area contributed by atoms with E-state index >= 15 is 0 Å². The highest BCUT2D eigenvalue weighted by molar-refractivity contribution is 7.80. The number of anilines is 2. The minimum atomic E-state index is -0.715. The number of morpholine rings is 1. The van der Waals surface area contributed by atoms with Crippen LogP contribution in [-0.2, 0) is 14.3 Å². The Bertz CT molecular complexity index is 751. The van der Waals surface area contributed by atoms with E-state index in [0.29, 0.717) is 36.8 Å². The van der Waals surface area contributed by atoms with E-state index in [1.807, 2.05) is 14.0 Å². The van der Waals surface area contributed by atoms with E-state index in [1.165, 1.54) is 0 Å². The van der Waals surface area contributed by atoms with E-state index in [2.05, 4.69) is 20.7 Å². The molecule has 10 nitrogen and oxygen atoms in total. The van der Waals surface area contributed by atoms with Gasteiger partial charge in [-0.2, -0.15) is 9.67 Å². The van der Waals surface area contributed by atoms with Crippen molar-refractivity contribution in [2.75, 3.05) is 50.2 Å². The first-order valence-corrected chi connectivity index (χ1v) is 10.3. The number of fused-ring (bicyclic) bond motifs is 1. The van der Waals surface area contributed by atoms with E-state index in [-0.39, 0.29) is 11.9 Å². The van der Waals surface area contributed by atoms with E-state index in [9.17, 15) is 4.79 Å². The van der Waals surface area contributed by atoms with Crippen LogP contribution in [0.15, 0.2) is 0 Å². The molecule has 1 saturated heterocycles. The smallest absolute Gasteiger partial charge is 0.312 e. The van der Waals surface area contributed by atoms with Gasteiger partial charge in [0.05, 0.1) is 25.7 Å². The highest BCUT2D eigenvalue weighted by Gasteiger charge is 2.49. The van der Waals surface area contributed by atoms with Crippen LogP contribution in [0.3, 0.4) is 0 Å². The van der Waals surface area contributed by atoms with Crippen LogP contribution < -0.4 is 15.6 Å². The average molecular weight is 410 g/mol. The number of hydrogen-bond acceptors (Lipinski definition) is 9. The molecular formula is C17H27N7O3S. The van der Waals surface area contributed by atoms with Gasteiger partial charge >= 0.3 is 5.97 Å². The predicted molar refractivity (Wildman–Crippen MR) is 107 cm³/mol. The molecule has 0 unspecified atom stereocenters. The van der Waals surface area contributed by atoms with E-state index < -0.39 is 5.66 Å². The molecule has 3 aliphatic rings. The fourth-order valence-electron chi connectivity index (χ4n) is 4.15. The number of rotatable bonds is 3. The van der Waals surface area contributed by atoms with Crippen molar-refractivity contribution in [3.8, 4) is 0 Å². The summed E-state index contributed by atoms with van der Waals surface area (Å²) in [6.07, 6.45) is 3.46. The van der Waals surface area contributed by atoms with Gasteiger partial charge < -0.3 is 19.7 Å². The normalized spacial score (nSPS) is 27.9. The van der Waals surface area contributed by atoms with Crippen molar-refractivity contribution in [2.24, 2.45) is 5.92 Å². The molecule has 0 radical (unpaired) electrons. The van der Waals surface area contributed by atoms with Gasteiger partial charge in [-0.1, -0.05) is 6.42 Å². The maximum atomic E-state index is 12.7. The number of nitrogens with one attached hydrogen (secondary N) is 2. The maximum absolute atomic E-state index is 12.7. The Hall–Kier alpha value is -1.98. The minimum absolute atomic E-state index is 0.206. The lowest BCUT2D eigenvalue weighted by Gasteiger charge is -2.44. The molecule has 2 fully saturated rings. The summed E-state index contributed by atoms with van der Waals surface area (Å²) in [6.45, 7) is 4.96. The fraction of sp³-hybridized carbons (Fsp3) is 0.765. The highest BCUT2D eigenvalue weighted by Crippen LogP contribution is 2.37. The maximum Gasteiger partial charge on any atom is 0.312 e. The first kappa shape index (κ1) is 19.3. The predicted octanol–water partition coefficient (Wildman–Crippen LogP) is 0.559. The number of carbonyl (C=O) groups is 1. The number of thiocarbonyl (C=S) groups is 1. The van der Waals surface area contributed by atoms with Crippen LogP contribution in [0, 0.1) is 5.92 Å². The second-order valence-electron chi connectivity index (χ2n) is 7.35. The summed E-state index contributed by atoms with van der Waals surface area (Å²) in [6, 6.07) is 0. The molecule has 1 aromatic heterocycles. The zero-order valence-corrected chi connectivity index (χ0v) is 17.1. The Balaban J connectivity index is 1.69. The lowest BCUT2D eigenvalue weighted by Crippen LogP contribution is -2.64. The molecule has 4 rings (SSSR count). The second-order valence-corrected chi connectivity index (χ2v) is 7.71. The average Bonchev–Trinajstić information content (AvgIpc) is 3.08. The van der Waals surface area contributed by atoms with Gasteiger partial charge in [-0.15, -0.1) is 5.10 Å². The highest BCUT2D eigenvalue weighted by atomic mass is 32.1. The Morgan fingerprint density at radius 2 is 2.18 bits per heavy atom. The van der Waals surface area contributed by atoms with Crippen molar-refractivity contribution in [1.29, 1.82) is 0 Å². The van der Waals surface area contributed by atoms with Crippen molar-refractivity contribution in [3.63, 3.8) is 0 Å². The Morgan fingerprint density at radius 3 is 2.93 bits per heavy atom. The molecule has 2 aliphatic heterocycles. The molecule has 2 atom stereocenters. The largest absolute Gasteiger partial charge is 0.466 e. The van der Waals surface area contributed by atoms with Gasteiger partial charge in [0, 0.05) is 20.1 Å². The zero-order valence-electron chi connectivity index (χ0n) is 16.3. The number of ether oxygens (including phenoxy) is 2. The molecule has 1 aromatic rings. The molecule has 3 heterocycles. The van der Waals surface area contributed by atoms with Gasteiger partial charge in [-0.05, 0) is 38.4 Å². The zero-order chi connectivity index (χ0) is 19.7. The molecule has 1 saturated carbocycles. The monoisotopic (exact) mass is 409 g/mol. The lowest BCUT2D eigenvalue weighted by atomic mass is 9.79. The van der Waals surface area contributed by atoms with Gasteiger partial charge in [-0.3, -0.25) is 9.80 Å². The lowest BCUT2D eigenvalue weighted by molar-refractivity contribution is -0.153. The summed E-state index contributed by atoms with van der Waals surface area (Å²) in [7, 11) is 1.84. The first-order chi connectivity index (χ1) is 13.5. The third kappa shape index (κ3) is 3.42. The van der Waals surface area contributed by atoms with Crippen LogP contribution in [0.2, 0.25) is 0 Å². The standard InChI is InChI=1S/C17H27N7O3S/c1-3-27-13(25)12-6-4-5-7-17(12)19-14-18-15(23-8-10-26-11-9-23)20-24(14)16(28)22(2)21-17/h12,21H,3-11H2,1-2H3,(H,18,19,20)/t12-,17+/m0/s1. The number of carbonyl (C=O) groups excluding carboxylic acids is 1. The van der Waals surface area contributed by atoms with Gasteiger partial charge in [0.1, 0.15) is 5.66 Å². The van der Waals surface area contributed by atoms with Crippen molar-refractivity contribution in [1.82, 2.24) is 25.2 Å². The van der Waals surface area contributed by atoms with Crippen molar-refractivity contribution < 1.29 is 14.3 Å². The molecule has 28 heavy (non-hydrogen) atoms. The summed E-state index contributed by atoms with van der Waals surface area (Å²) >= 11 is 5.62. The Labute approximate surface area is 169 Å². The van der Waals surface area contributed by atoms with Gasteiger partial charge in [-0.25, -0.2) is 5.43 Å². The number of nitrogens with zero attached hydrogens (tertiary/aromatic N) is 5. The third-order valence-corrected chi connectivity index (χ3v) is 5.99. The number of esters is 1. The van der Waals surface area contributed by atoms with Crippen LogP contribution in [0.1, 0.15) is 32.6 Å². The number of aromatic nitrogens is 3. The molecule has 154 valence electrons. The van der Waals surface area contributed by atoms with Gasteiger partial charge in [0.15, 0.2) is 0 Å². The van der Waals surface area contributed by atoms with Crippen LogP contribution in [0.5, 0.6) is 0 Å². The fourth-order valence-corrected chi connectivity index (χ4v) is 4.32. The molecule has 0 bridgehead atoms. The van der Waals surface area contributed by atoms with Crippen molar-refractivity contribution in [3.05, 3.63) is 0 Å². The Kier molecular flexibility index (Phi) is 5.39. The number of hydrazine groups is 1. The molecule has 11 heteroatoms. The topological polar surface area (TPSA) is 96.8 Å². The van der Waals surface area contributed by atoms with Crippen LogP contribution >= 0.6 is 12.2 Å². The van der Waals surface area contributed by atoms with Gasteiger partial charge in [0.25, 0.3) is 0 Å². The quantitative estimate of drug-likeness (QED) is 0.544. The molecule has 1 aliphatic carbocycles. The second kappa shape index (κ2) is 7.80. The summed E-state index contributed by atoms with van der Waals surface area (Å²) in [5.74, 6) is 0.603. The summed E-state index contributed by atoms with van der Waals surface area (Å²) in [4.78, 5) is 19.5. The molecular weight excluding hydrogens is 382 g/mol. The van der Waals surface area contributed by atoms with E-state index in [0.717, 1.165) is 38.8 Å². The SMILES string of the molecule is CCOC(=O)[C@@H]1CCCC[C@]12Nc1nc(N3CCOCC3)nn1C(=S)N(C)N2. The molecule has 0 amide bonds. The first-order valence-electron chi connectivity index (χ1n) is 9.84. The van der Waals surface area contributed by atoms with Gasteiger partial charge in [0.2, 0.25) is 17.0 Å². The molecule has 2 N–H and O–H groups in total.